The summed E-state index contributed by atoms with van der Waals surface area (Å²) in [5.74, 6) is 3.78. The van der Waals surface area contributed by atoms with Gasteiger partial charge in [-0.15, -0.1) is 0 Å². The van der Waals surface area contributed by atoms with Gasteiger partial charge in [-0.05, 0) is 210 Å². The van der Waals surface area contributed by atoms with Gasteiger partial charge in [-0.1, -0.05) is 152 Å². The fraction of sp³-hybridized carbons (Fsp3) is 0.179. The van der Waals surface area contributed by atoms with E-state index >= 15 is 0 Å². The fourth-order valence-corrected chi connectivity index (χ4v) is 17.2. The molecule has 0 spiro atoms. The number of aromatic hydroxyl groups is 2. The number of rotatable bonds is 23. The van der Waals surface area contributed by atoms with Gasteiger partial charge in [0.05, 0.1) is 85.5 Å². The molecule has 0 aliphatic rings. The molecule has 0 saturated heterocycles. The van der Waals surface area contributed by atoms with Gasteiger partial charge in [-0.3, -0.25) is 0 Å². The number of phenols is 2. The average molecular weight is 1730 g/mol. The molecule has 13 aromatic carbocycles. The van der Waals surface area contributed by atoms with Crippen LogP contribution in [0.5, 0.6) is 40.2 Å². The summed E-state index contributed by atoms with van der Waals surface area (Å²) in [6, 6.07) is 89.2. The zero-order chi connectivity index (χ0) is 78.4. The average Bonchev–Trinajstić information content (AvgIpc) is 1.56. The molecule has 0 aliphatic heterocycles. The molecule has 16 rings (SSSR count). The van der Waals surface area contributed by atoms with E-state index in [-0.39, 0.29) is 18.3 Å². The van der Waals surface area contributed by atoms with E-state index in [1.807, 2.05) is 185 Å². The van der Waals surface area contributed by atoms with Crippen molar-refractivity contribution < 1.29 is 69.9 Å². The first-order valence-electron chi connectivity index (χ1n) is 37.5. The van der Waals surface area contributed by atoms with Gasteiger partial charge in [-0.25, -0.2) is 0 Å². The second kappa shape index (κ2) is 37.2. The third kappa shape index (κ3) is 17.7. The predicted molar refractivity (Wildman–Crippen MR) is 463 cm³/mol. The number of hydrogen-bond donors (Lipinski definition) is 4. The van der Waals surface area contributed by atoms with Crippen LogP contribution in [0.2, 0.25) is 0 Å². The van der Waals surface area contributed by atoms with E-state index in [9.17, 15) is 20.3 Å². The number of halogens is 3. The Balaban J connectivity index is 0.000000172. The second-order valence-electron chi connectivity index (χ2n) is 27.5. The molecule has 0 radical (unpaired) electrons. The maximum atomic E-state index is 12.6. The van der Waals surface area contributed by atoms with Gasteiger partial charge in [0.25, 0.3) is 0 Å². The quantitative estimate of drug-likeness (QED) is 0.0160. The first-order chi connectivity index (χ1) is 54.5. The summed E-state index contributed by atoms with van der Waals surface area (Å²) >= 11 is 7.64. The van der Waals surface area contributed by atoms with Crippen LogP contribution < -0.4 is 50.4 Å². The van der Waals surface area contributed by atoms with Crippen LogP contribution in [-0.4, -0.2) is 90.8 Å². The summed E-state index contributed by atoms with van der Waals surface area (Å²) in [5, 5.41) is 51.7. The van der Waals surface area contributed by atoms with Gasteiger partial charge >= 0.3 is 51.0 Å². The van der Waals surface area contributed by atoms with Crippen molar-refractivity contribution in [1.29, 1.82) is 0 Å². The van der Waals surface area contributed by atoms with Gasteiger partial charge in [-0.2, -0.15) is 0 Å². The number of methoxy groups -OCH3 is 1. The Morgan fingerprint density at radius 1 is 0.357 bits per heavy atom. The molecule has 0 aliphatic carbocycles. The van der Waals surface area contributed by atoms with E-state index in [0.717, 1.165) is 137 Å². The third-order valence-electron chi connectivity index (χ3n) is 19.2. The topological polar surface area (TPSA) is 151 Å². The van der Waals surface area contributed by atoms with Crippen molar-refractivity contribution in [3.8, 4) is 79.6 Å². The summed E-state index contributed by atoms with van der Waals surface area (Å²) in [5.41, 5.74) is 16.2. The number of aromatic nitrogens is 3. The summed E-state index contributed by atoms with van der Waals surface area (Å²) in [4.78, 5) is 2.32. The van der Waals surface area contributed by atoms with Crippen molar-refractivity contribution in [1.82, 2.24) is 13.7 Å². The van der Waals surface area contributed by atoms with E-state index in [1.54, 1.807) is 6.07 Å². The van der Waals surface area contributed by atoms with Gasteiger partial charge < -0.3 is 62.4 Å². The fourth-order valence-electron chi connectivity index (χ4n) is 14.5. The first-order valence-corrected chi connectivity index (χ1v) is 42.7. The number of benzene rings is 13. The Labute approximate surface area is 681 Å². The maximum Gasteiger partial charge on any atom is 0.492 e. The van der Waals surface area contributed by atoms with E-state index in [4.69, 9.17) is 28.4 Å². The summed E-state index contributed by atoms with van der Waals surface area (Å²) < 4.78 is 45.0. The molecule has 17 heteroatoms. The van der Waals surface area contributed by atoms with Crippen molar-refractivity contribution in [2.75, 3.05) is 49.7 Å². The van der Waals surface area contributed by atoms with Crippen molar-refractivity contribution in [2.24, 2.45) is 0 Å². The SMILES string of the molecule is CCC[I-]C.COCOc1c(B(O)O)cc(C)cc1-n1c2ccccc2c2ccccc21.Cc1cc(-c2cc(C)cc(-n3c4ccccc4c4ccccc43)c2O)c(OCCCOc2ccccc2)c(-c2cc(C)cc(-n3c4ccccc4c4ccccc43)c2O)c1.Cc1cc(Br)c(OCCCOc2ccccc2)c(Br)c1. The number of hydrogen-bond acceptors (Lipinski definition) is 10. The minimum atomic E-state index is -1.65. The van der Waals surface area contributed by atoms with Crippen LogP contribution in [0.15, 0.2) is 276 Å². The molecular formula is C95H90BBr2IN3O10-. The van der Waals surface area contributed by atoms with Gasteiger partial charge in [0.2, 0.25) is 0 Å². The molecule has 0 amide bonds. The molecule has 13 nitrogen and oxygen atoms in total. The molecule has 0 atom stereocenters. The van der Waals surface area contributed by atoms with Crippen LogP contribution in [0, 0.1) is 34.6 Å². The molecule has 570 valence electrons. The summed E-state index contributed by atoms with van der Waals surface area (Å²) in [6.45, 7) is 14.4. The normalized spacial score (nSPS) is 11.2. The molecule has 16 aromatic rings. The molecule has 112 heavy (non-hydrogen) atoms. The first kappa shape index (κ1) is 79.6. The summed E-state index contributed by atoms with van der Waals surface area (Å²) in [6.07, 6.45) is 2.84. The molecule has 0 fully saturated rings. The standard InChI is InChI=1S/C54H44N2O4.C21H20BNO4.C16H16Br2O2.C4H10I/c1-34-30-44(42-28-35(2)32-50(52(42)57)55-46-22-11-7-18-38(46)39-19-8-12-23-47(39)55)54(60-27-15-26-59-37-16-5-4-6-17-37)45(31-34)43-29-36(3)33-51(53(43)58)56-48-24-13-9-20-40(48)41-21-10-14-25-49(41)56;1-14-11-17(22(24)25)21(27-13-26-2)20(12-14)23-18-9-5-3-7-15(18)16-8-4-6-10-19(16)23;1-12-10-14(17)16(15(18)11-12)20-9-5-8-19-13-6-3-2-4-7-13;1-3-4-5-2/h4-14,16-25,28-33,57-58H,15,26-27H2,1-3H3;3-12,24-25H,13H2,1-2H3;2-4,6-7,10-11H,5,8-9H2,1H3;3-4H2,1-2H3/q;;;-1. The monoisotopic (exact) mass is 1730 g/mol. The molecule has 4 N–H and O–H groups in total. The van der Waals surface area contributed by atoms with E-state index < -0.39 is 7.12 Å². The van der Waals surface area contributed by atoms with E-state index in [1.165, 1.54) is 23.5 Å². The largest absolute Gasteiger partial charge is 0.505 e. The number of fused-ring (bicyclic) bond motifs is 9. The second-order valence-corrected chi connectivity index (χ2v) is 31.8. The molecule has 0 unspecified atom stereocenters. The number of alkyl halides is 2. The number of aryl methyl sites for hydroxylation is 5. The molecular weight excluding hydrogens is 1640 g/mol. The van der Waals surface area contributed by atoms with E-state index in [0.29, 0.717) is 93.5 Å². The Morgan fingerprint density at radius 3 is 1.03 bits per heavy atom. The zero-order valence-corrected chi connectivity index (χ0v) is 69.4. The van der Waals surface area contributed by atoms with Crippen molar-refractivity contribution >= 4 is 110 Å². The van der Waals surface area contributed by atoms with Crippen LogP contribution in [0.1, 0.15) is 54.0 Å². The van der Waals surface area contributed by atoms with Crippen LogP contribution >= 0.6 is 31.9 Å². The number of ether oxygens (including phenoxy) is 6. The molecule has 3 heterocycles. The molecule has 3 aromatic heterocycles. The van der Waals surface area contributed by atoms with Gasteiger partial charge in [0.15, 0.2) is 6.79 Å². The van der Waals surface area contributed by atoms with Crippen molar-refractivity contribution in [3.05, 3.63) is 304 Å². The molecule has 0 bridgehead atoms. The predicted octanol–water partition coefficient (Wildman–Crippen LogP) is 19.6. The van der Waals surface area contributed by atoms with Crippen molar-refractivity contribution in [3.63, 3.8) is 0 Å². The van der Waals surface area contributed by atoms with Gasteiger partial charge in [0, 0.05) is 80.0 Å². The number of phenolic OH excluding ortho intramolecular Hbond substituents is 2. The van der Waals surface area contributed by atoms with E-state index in [2.05, 4.69) is 168 Å². The minimum absolute atomic E-state index is 0.00686. The van der Waals surface area contributed by atoms with Crippen LogP contribution in [0.3, 0.4) is 0 Å². The van der Waals surface area contributed by atoms with Crippen LogP contribution in [-0.2, 0) is 4.74 Å². The minimum Gasteiger partial charge on any atom is -0.505 e. The third-order valence-corrected chi connectivity index (χ3v) is 22.5. The summed E-state index contributed by atoms with van der Waals surface area (Å²) in [7, 11) is -0.118. The Kier molecular flexibility index (Phi) is 26.4. The zero-order valence-electron chi connectivity index (χ0n) is 64.1. The van der Waals surface area contributed by atoms with Gasteiger partial charge in [0.1, 0.15) is 40.2 Å². The number of nitrogens with zero attached hydrogens (tertiary/aromatic N) is 3. The molecule has 0 saturated carbocycles. The van der Waals surface area contributed by atoms with Crippen LogP contribution in [0.4, 0.5) is 0 Å². The maximum absolute atomic E-state index is 12.6. The Hall–Kier alpha value is -10.5. The Morgan fingerprint density at radius 2 is 0.670 bits per heavy atom. The number of para-hydroxylation sites is 8. The smallest absolute Gasteiger partial charge is 0.492 e. The van der Waals surface area contributed by atoms with Crippen LogP contribution in [0.25, 0.3) is 105 Å². The Bertz CT molecular complexity index is 5590. The van der Waals surface area contributed by atoms with Crippen molar-refractivity contribution in [2.45, 2.75) is 60.8 Å².